The molecule has 202 valence electrons. The van der Waals surface area contributed by atoms with Gasteiger partial charge >= 0.3 is 18.5 Å². The summed E-state index contributed by atoms with van der Waals surface area (Å²) < 4.78 is 111. The van der Waals surface area contributed by atoms with Crippen molar-refractivity contribution in [2.75, 3.05) is 19.5 Å². The Kier molecular flexibility index (Phi) is 7.98. The van der Waals surface area contributed by atoms with Crippen molar-refractivity contribution in [3.8, 4) is 23.0 Å². The van der Waals surface area contributed by atoms with Crippen LogP contribution in [0.1, 0.15) is 26.3 Å². The second-order valence-corrected chi connectivity index (χ2v) is 7.14. The van der Waals surface area contributed by atoms with Crippen LogP contribution in [0.4, 0.5) is 36.6 Å². The van der Waals surface area contributed by atoms with Gasteiger partial charge in [0.2, 0.25) is 0 Å². The van der Waals surface area contributed by atoms with E-state index in [0.717, 1.165) is 44.7 Å². The summed E-state index contributed by atoms with van der Waals surface area (Å²) in [6.45, 7) is 0. The van der Waals surface area contributed by atoms with E-state index in [0.29, 0.717) is 12.1 Å². The number of benzene rings is 2. The maximum Gasteiger partial charge on any atom is 0.573 e. The largest absolute Gasteiger partial charge is 0.573 e. The van der Waals surface area contributed by atoms with Crippen LogP contribution in [0.25, 0.3) is 0 Å². The van der Waals surface area contributed by atoms with Crippen LogP contribution in [0.3, 0.4) is 0 Å². The highest BCUT2D eigenvalue weighted by atomic mass is 19.4. The Morgan fingerprint density at radius 3 is 2.13 bits per heavy atom. The number of ether oxygens (including phenoxy) is 4. The summed E-state index contributed by atoms with van der Waals surface area (Å²) in [7, 11) is 2.16. The van der Waals surface area contributed by atoms with E-state index in [1.54, 1.807) is 0 Å². The van der Waals surface area contributed by atoms with E-state index in [9.17, 15) is 35.9 Å². The van der Waals surface area contributed by atoms with Gasteiger partial charge in [-0.25, -0.2) is 14.2 Å². The van der Waals surface area contributed by atoms with Crippen molar-refractivity contribution in [1.82, 2.24) is 4.98 Å². The van der Waals surface area contributed by atoms with Gasteiger partial charge in [0.1, 0.15) is 22.9 Å². The van der Waals surface area contributed by atoms with Crippen molar-refractivity contribution < 1.29 is 59.3 Å². The molecule has 15 heteroatoms. The monoisotopic (exact) mass is 548 g/mol. The molecule has 1 heterocycles. The van der Waals surface area contributed by atoms with Crippen molar-refractivity contribution in [2.45, 2.75) is 12.5 Å². The highest BCUT2D eigenvalue weighted by Gasteiger charge is 2.38. The summed E-state index contributed by atoms with van der Waals surface area (Å²) in [6.07, 6.45) is -9.22. The molecule has 0 radical (unpaired) electrons. The summed E-state index contributed by atoms with van der Waals surface area (Å²) in [6, 6.07) is 5.73. The minimum absolute atomic E-state index is 0.00943. The number of nitrogens with one attached hydrogen (secondary N) is 1. The number of methoxy groups -OCH3 is 2. The Morgan fingerprint density at radius 1 is 0.895 bits per heavy atom. The Morgan fingerprint density at radius 2 is 1.58 bits per heavy atom. The Balaban J connectivity index is 2.01. The van der Waals surface area contributed by atoms with E-state index < -0.39 is 52.9 Å². The topological polar surface area (TPSA) is 96.0 Å². The van der Waals surface area contributed by atoms with Crippen LogP contribution in [0.2, 0.25) is 0 Å². The van der Waals surface area contributed by atoms with Gasteiger partial charge in [0.25, 0.3) is 5.91 Å². The first kappa shape index (κ1) is 28.0. The molecule has 1 aromatic heterocycles. The first-order valence-corrected chi connectivity index (χ1v) is 10.1. The Bertz CT molecular complexity index is 1340. The molecule has 1 amide bonds. The van der Waals surface area contributed by atoms with Crippen molar-refractivity contribution >= 4 is 17.7 Å². The van der Waals surface area contributed by atoms with Gasteiger partial charge in [-0.15, -0.1) is 13.2 Å². The summed E-state index contributed by atoms with van der Waals surface area (Å²) in [5, 5.41) is 2.09. The molecule has 2 aromatic carbocycles. The zero-order valence-corrected chi connectivity index (χ0v) is 19.2. The highest BCUT2D eigenvalue weighted by molar-refractivity contribution is 6.06. The normalized spacial score (nSPS) is 11.5. The van der Waals surface area contributed by atoms with Gasteiger partial charge in [-0.1, -0.05) is 0 Å². The molecule has 1 N–H and O–H groups in total. The van der Waals surface area contributed by atoms with Crippen LogP contribution < -0.4 is 19.5 Å². The quantitative estimate of drug-likeness (QED) is 0.287. The van der Waals surface area contributed by atoms with E-state index in [4.69, 9.17) is 9.47 Å². The van der Waals surface area contributed by atoms with E-state index >= 15 is 4.39 Å². The molecule has 38 heavy (non-hydrogen) atoms. The molecule has 0 aliphatic heterocycles. The third kappa shape index (κ3) is 6.60. The number of hydrogen-bond donors (Lipinski definition) is 1. The molecule has 0 saturated carbocycles. The van der Waals surface area contributed by atoms with Crippen molar-refractivity contribution in [3.63, 3.8) is 0 Å². The molecule has 0 spiro atoms. The molecule has 0 aliphatic carbocycles. The minimum Gasteiger partial charge on any atom is -0.493 e. The fraction of sp³-hybridized carbons (Fsp3) is 0.174. The lowest BCUT2D eigenvalue weighted by atomic mass is 10.1. The van der Waals surface area contributed by atoms with Crippen LogP contribution >= 0.6 is 0 Å². The molecular weight excluding hydrogens is 533 g/mol. The predicted octanol–water partition coefficient (Wildman–Crippen LogP) is 5.98. The van der Waals surface area contributed by atoms with Crippen LogP contribution in [0.5, 0.6) is 23.0 Å². The molecule has 0 atom stereocenters. The van der Waals surface area contributed by atoms with Gasteiger partial charge in [0.15, 0.2) is 17.3 Å². The van der Waals surface area contributed by atoms with Gasteiger partial charge in [-0.3, -0.25) is 4.79 Å². The smallest absolute Gasteiger partial charge is 0.493 e. The maximum absolute atomic E-state index is 15.0. The second kappa shape index (κ2) is 10.8. The number of carbonyl (C=O) groups excluding carboxylic acids is 2. The average molecular weight is 548 g/mol. The number of esters is 1. The van der Waals surface area contributed by atoms with Crippen LogP contribution in [-0.4, -0.2) is 37.4 Å². The summed E-state index contributed by atoms with van der Waals surface area (Å²) in [5.74, 6) is -6.63. The number of anilines is 1. The number of carbonyl (C=O) groups is 2. The fourth-order valence-corrected chi connectivity index (χ4v) is 3.01. The average Bonchev–Trinajstić information content (AvgIpc) is 2.83. The molecule has 3 aromatic rings. The lowest BCUT2D eigenvalue weighted by Crippen LogP contribution is -2.19. The highest BCUT2D eigenvalue weighted by Crippen LogP contribution is 2.40. The predicted molar refractivity (Wildman–Crippen MR) is 115 cm³/mol. The lowest BCUT2D eigenvalue weighted by molar-refractivity contribution is -0.274. The third-order valence-corrected chi connectivity index (χ3v) is 4.65. The number of amides is 1. The number of alkyl halides is 6. The molecule has 8 nitrogen and oxygen atoms in total. The number of pyridine rings is 1. The molecule has 0 unspecified atom stereocenters. The molecule has 0 saturated heterocycles. The number of nitrogens with zero attached hydrogens (tertiary/aromatic N) is 1. The zero-order valence-electron chi connectivity index (χ0n) is 19.2. The van der Waals surface area contributed by atoms with Gasteiger partial charge in [0.05, 0.1) is 25.3 Å². The fourth-order valence-electron chi connectivity index (χ4n) is 3.01. The SMILES string of the molecule is COC(=O)c1ccc(NC(=O)c2c(Oc3ccc(OC(F)(F)F)cc3OC)ccc(C(F)(F)F)c2F)nc1. The van der Waals surface area contributed by atoms with Crippen LogP contribution in [0, 0.1) is 5.82 Å². The standard InChI is InChI=1S/C23H15F7N2O6/c1-35-16-9-12(38-23(28,29)30)4-6-14(16)37-15-7-5-13(22(25,26)27)19(24)18(15)20(33)32-17-8-3-11(10-31-17)21(34)36-2/h3-10H,1-2H3,(H,31,32,33). The summed E-state index contributed by atoms with van der Waals surface area (Å²) in [5.41, 5.74) is -2.99. The molecular formula is C23H15F7N2O6. The molecule has 0 aliphatic rings. The van der Waals surface area contributed by atoms with Crippen molar-refractivity contribution in [1.29, 1.82) is 0 Å². The Hall–Kier alpha value is -4.56. The summed E-state index contributed by atoms with van der Waals surface area (Å²) >= 11 is 0. The minimum atomic E-state index is -5.19. The van der Waals surface area contributed by atoms with E-state index in [1.165, 1.54) is 6.07 Å². The number of aromatic nitrogens is 1. The van der Waals surface area contributed by atoms with Gasteiger partial charge in [-0.2, -0.15) is 13.2 Å². The first-order chi connectivity index (χ1) is 17.7. The summed E-state index contributed by atoms with van der Waals surface area (Å²) in [4.78, 5) is 28.1. The van der Waals surface area contributed by atoms with E-state index in [-0.39, 0.29) is 22.9 Å². The van der Waals surface area contributed by atoms with E-state index in [1.807, 2.05) is 0 Å². The zero-order chi connectivity index (χ0) is 28.3. The first-order valence-electron chi connectivity index (χ1n) is 10.1. The molecule has 0 bridgehead atoms. The van der Waals surface area contributed by atoms with Crippen molar-refractivity contribution in [2.24, 2.45) is 0 Å². The number of halogens is 7. The van der Waals surface area contributed by atoms with Gasteiger partial charge in [-0.05, 0) is 36.4 Å². The maximum atomic E-state index is 15.0. The third-order valence-electron chi connectivity index (χ3n) is 4.65. The van der Waals surface area contributed by atoms with E-state index in [2.05, 4.69) is 19.8 Å². The number of hydrogen-bond acceptors (Lipinski definition) is 7. The Labute approximate surface area is 208 Å². The van der Waals surface area contributed by atoms with Gasteiger partial charge in [0, 0.05) is 12.3 Å². The van der Waals surface area contributed by atoms with Crippen LogP contribution in [0.15, 0.2) is 48.7 Å². The second-order valence-electron chi connectivity index (χ2n) is 7.14. The van der Waals surface area contributed by atoms with Gasteiger partial charge < -0.3 is 24.3 Å². The molecule has 0 fully saturated rings. The lowest BCUT2D eigenvalue weighted by Gasteiger charge is -2.17. The van der Waals surface area contributed by atoms with Crippen LogP contribution in [-0.2, 0) is 10.9 Å². The number of rotatable bonds is 7. The van der Waals surface area contributed by atoms with Crippen molar-refractivity contribution in [3.05, 3.63) is 71.2 Å². The molecule has 3 rings (SSSR count).